The normalized spacial score (nSPS) is 12.9. The Hall–Kier alpha value is -12.5. The second-order valence-electron chi connectivity index (χ2n) is 26.3. The predicted molar refractivity (Wildman–Crippen MR) is 400 cm³/mol. The first-order valence-corrected chi connectivity index (χ1v) is 33.3. The predicted octanol–water partition coefficient (Wildman–Crippen LogP) is 22.1. The summed E-state index contributed by atoms with van der Waals surface area (Å²) >= 11 is 0. The molecule has 0 radical (unpaired) electrons. The molecule has 8 heteroatoms. The van der Waals surface area contributed by atoms with Crippen molar-refractivity contribution in [2.45, 2.75) is 38.5 Å². The monoisotopic (exact) mass is 1260 g/mol. The van der Waals surface area contributed by atoms with E-state index >= 15 is 0 Å². The standard InChI is InChI=1S/2C45H32N4/c1-45(2)39-16-8-15-36(40(39)38-26-25-30-10-6-7-14-37(30)41(38)45)31-19-23-34(24-20-31)44-48-42(32-11-4-3-5-12-32)47-43(49-44)33-21-17-29(18-22-33)35-13-9-27-46-28-35;1-45(2)38-16-8-15-37(40(38)41-36-14-7-6-10-30(36)25-26-39(41)45)31-19-23-34(24-20-31)44-48-42(32-11-4-3-5-12-32)47-43(49-44)33-21-17-29(18-22-33)35-13-9-27-46-28-35/h2*3-28H,1-2H3. The van der Waals surface area contributed by atoms with E-state index < -0.39 is 0 Å². The van der Waals surface area contributed by atoms with Crippen molar-refractivity contribution in [3.63, 3.8) is 0 Å². The fourth-order valence-electron chi connectivity index (χ4n) is 14.7. The van der Waals surface area contributed by atoms with Crippen LogP contribution < -0.4 is 0 Å². The number of pyridine rings is 2. The molecule has 0 bridgehead atoms. The van der Waals surface area contributed by atoms with Crippen LogP contribution in [-0.2, 0) is 10.8 Å². The van der Waals surface area contributed by atoms with Gasteiger partial charge in [0.15, 0.2) is 34.9 Å². The lowest BCUT2D eigenvalue weighted by molar-refractivity contribution is 0.661. The molecule has 98 heavy (non-hydrogen) atoms. The lowest BCUT2D eigenvalue weighted by atomic mass is 9.80. The topological polar surface area (TPSA) is 103 Å². The first kappa shape index (κ1) is 59.2. The molecule has 4 heterocycles. The van der Waals surface area contributed by atoms with E-state index in [-0.39, 0.29) is 10.8 Å². The minimum absolute atomic E-state index is 0.0873. The summed E-state index contributed by atoms with van der Waals surface area (Å²) < 4.78 is 0. The number of hydrogen-bond acceptors (Lipinski definition) is 8. The van der Waals surface area contributed by atoms with E-state index in [1.807, 2.05) is 85.2 Å². The van der Waals surface area contributed by atoms with Crippen LogP contribution in [0.2, 0.25) is 0 Å². The zero-order chi connectivity index (χ0) is 65.9. The van der Waals surface area contributed by atoms with Crippen LogP contribution in [0.5, 0.6) is 0 Å². The number of hydrogen-bond donors (Lipinski definition) is 0. The third-order valence-corrected chi connectivity index (χ3v) is 19.7. The summed E-state index contributed by atoms with van der Waals surface area (Å²) in [5, 5.41) is 5.18. The summed E-state index contributed by atoms with van der Waals surface area (Å²) in [6, 6.07) is 102. The van der Waals surface area contributed by atoms with Crippen LogP contribution in [-0.4, -0.2) is 39.9 Å². The van der Waals surface area contributed by atoms with Crippen molar-refractivity contribution in [2.24, 2.45) is 0 Å². The summed E-state index contributed by atoms with van der Waals surface area (Å²) in [5.41, 5.74) is 25.4. The highest BCUT2D eigenvalue weighted by molar-refractivity contribution is 6.07. The molecule has 0 unspecified atom stereocenters. The van der Waals surface area contributed by atoms with E-state index in [1.54, 1.807) is 12.4 Å². The van der Waals surface area contributed by atoms with Gasteiger partial charge in [0.1, 0.15) is 0 Å². The Kier molecular flexibility index (Phi) is 14.7. The summed E-state index contributed by atoms with van der Waals surface area (Å²) in [6.45, 7) is 9.39. The molecule has 0 spiro atoms. The van der Waals surface area contributed by atoms with Crippen LogP contribution in [0.4, 0.5) is 0 Å². The van der Waals surface area contributed by atoms with Gasteiger partial charge in [-0.05, 0) is 123 Å². The van der Waals surface area contributed by atoms with E-state index in [2.05, 4.69) is 256 Å². The first-order chi connectivity index (χ1) is 48.1. The van der Waals surface area contributed by atoms with Gasteiger partial charge in [0.2, 0.25) is 0 Å². The van der Waals surface area contributed by atoms with Crippen LogP contribution >= 0.6 is 0 Å². The zero-order valence-corrected chi connectivity index (χ0v) is 54.6. The van der Waals surface area contributed by atoms with Gasteiger partial charge in [-0.15, -0.1) is 0 Å². The minimum atomic E-state index is -0.104. The lowest BCUT2D eigenvalue weighted by Gasteiger charge is -2.23. The van der Waals surface area contributed by atoms with Gasteiger partial charge in [0.05, 0.1) is 0 Å². The Morgan fingerprint density at radius 3 is 1.01 bits per heavy atom. The average Bonchev–Trinajstić information content (AvgIpc) is 1.56. The largest absolute Gasteiger partial charge is 0.264 e. The van der Waals surface area contributed by atoms with Crippen LogP contribution in [0, 0.1) is 0 Å². The Bertz CT molecular complexity index is 5680. The molecule has 0 atom stereocenters. The number of rotatable bonds is 10. The molecule has 16 aromatic rings. The molecule has 12 aromatic carbocycles. The molecule has 0 fully saturated rings. The molecule has 0 N–H and O–H groups in total. The molecule has 2 aliphatic carbocycles. The van der Waals surface area contributed by atoms with E-state index in [4.69, 9.17) is 29.9 Å². The van der Waals surface area contributed by atoms with Gasteiger partial charge in [-0.25, -0.2) is 29.9 Å². The highest BCUT2D eigenvalue weighted by Gasteiger charge is 2.39. The maximum atomic E-state index is 5.01. The van der Waals surface area contributed by atoms with Gasteiger partial charge in [0, 0.05) is 69.0 Å². The average molecular weight is 1260 g/mol. The quantitative estimate of drug-likeness (QED) is 0.133. The summed E-state index contributed by atoms with van der Waals surface area (Å²) in [6.07, 6.45) is 7.32. The maximum absolute atomic E-state index is 5.01. The molecule has 18 rings (SSSR count). The SMILES string of the molecule is CC1(C)c2cccc(-c3ccc(-c4nc(-c5ccccc5)nc(-c5ccc(-c6cccnc6)cc5)n4)cc3)c2-c2c1ccc1ccccc21.CC1(C)c2cccc(-c3ccc(-c4nc(-c5ccccc5)nc(-c5ccc(-c6cccnc6)cc5)n4)cc3)c2-c2ccc3ccccc3c21. The molecule has 0 amide bonds. The highest BCUT2D eigenvalue weighted by Crippen LogP contribution is 2.56. The van der Waals surface area contributed by atoms with Crippen LogP contribution in [0.3, 0.4) is 0 Å². The fourth-order valence-corrected chi connectivity index (χ4v) is 14.7. The molecule has 0 saturated heterocycles. The Balaban J connectivity index is 0.000000147. The van der Waals surface area contributed by atoms with Crippen molar-refractivity contribution >= 4 is 21.5 Å². The highest BCUT2D eigenvalue weighted by atomic mass is 15.0. The molecule has 0 saturated carbocycles. The van der Waals surface area contributed by atoms with Crippen molar-refractivity contribution < 1.29 is 0 Å². The van der Waals surface area contributed by atoms with Crippen LogP contribution in [0.1, 0.15) is 49.9 Å². The van der Waals surface area contributed by atoms with Crippen LogP contribution in [0.25, 0.3) is 157 Å². The third-order valence-electron chi connectivity index (χ3n) is 19.7. The Morgan fingerprint density at radius 1 is 0.214 bits per heavy atom. The van der Waals surface area contributed by atoms with Crippen LogP contribution in [0.15, 0.2) is 316 Å². The lowest BCUT2D eigenvalue weighted by Crippen LogP contribution is -2.15. The molecule has 4 aromatic heterocycles. The van der Waals surface area contributed by atoms with Crippen molar-refractivity contribution in [3.8, 4) is 135 Å². The summed E-state index contributed by atoms with van der Waals surface area (Å²) in [4.78, 5) is 38.4. The molecular formula is C90H64N8. The third kappa shape index (κ3) is 10.6. The number of fused-ring (bicyclic) bond motifs is 10. The van der Waals surface area contributed by atoms with Crippen molar-refractivity contribution in [1.82, 2.24) is 39.9 Å². The van der Waals surface area contributed by atoms with Crippen molar-refractivity contribution in [2.75, 3.05) is 0 Å². The van der Waals surface area contributed by atoms with Crippen molar-refractivity contribution in [3.05, 3.63) is 338 Å². The first-order valence-electron chi connectivity index (χ1n) is 33.3. The minimum Gasteiger partial charge on any atom is -0.264 e. The van der Waals surface area contributed by atoms with Gasteiger partial charge in [-0.3, -0.25) is 9.97 Å². The molecular weight excluding hydrogens is 1190 g/mol. The van der Waals surface area contributed by atoms with E-state index in [9.17, 15) is 0 Å². The Morgan fingerprint density at radius 2 is 0.561 bits per heavy atom. The van der Waals surface area contributed by atoms with Gasteiger partial charge in [0.25, 0.3) is 0 Å². The van der Waals surface area contributed by atoms with Gasteiger partial charge in [-0.2, -0.15) is 0 Å². The number of nitrogens with zero attached hydrogens (tertiary/aromatic N) is 8. The number of aromatic nitrogens is 8. The summed E-state index contributed by atoms with van der Waals surface area (Å²) in [5.74, 6) is 3.85. The van der Waals surface area contributed by atoms with E-state index in [0.717, 1.165) is 55.6 Å². The fraction of sp³-hybridized carbons (Fsp3) is 0.0667. The van der Waals surface area contributed by atoms with E-state index in [0.29, 0.717) is 34.9 Å². The van der Waals surface area contributed by atoms with E-state index in [1.165, 1.54) is 88.3 Å². The second kappa shape index (κ2) is 24.4. The molecule has 8 nitrogen and oxygen atoms in total. The maximum Gasteiger partial charge on any atom is 0.164 e. The smallest absolute Gasteiger partial charge is 0.164 e. The molecule has 2 aliphatic rings. The second-order valence-corrected chi connectivity index (χ2v) is 26.3. The summed E-state index contributed by atoms with van der Waals surface area (Å²) in [7, 11) is 0. The van der Waals surface area contributed by atoms with Gasteiger partial charge in [-0.1, -0.05) is 307 Å². The molecule has 0 aliphatic heterocycles. The molecule has 464 valence electrons. The zero-order valence-electron chi connectivity index (χ0n) is 54.6. The number of benzene rings is 12. The Labute approximate surface area is 569 Å². The van der Waals surface area contributed by atoms with Crippen molar-refractivity contribution in [1.29, 1.82) is 0 Å². The van der Waals surface area contributed by atoms with Gasteiger partial charge >= 0.3 is 0 Å². The van der Waals surface area contributed by atoms with Gasteiger partial charge < -0.3 is 0 Å².